The summed E-state index contributed by atoms with van der Waals surface area (Å²) in [6, 6.07) is 4.89. The Morgan fingerprint density at radius 2 is 1.93 bits per heavy atom. The molecule has 1 aromatic carbocycles. The van der Waals surface area contributed by atoms with E-state index in [1.807, 2.05) is 36.9 Å². The number of H-pyrrole nitrogens is 1. The maximum Gasteiger partial charge on any atom is 0.325 e. The molecule has 0 unspecified atom stereocenters. The number of piperazine rings is 1. The van der Waals surface area contributed by atoms with Gasteiger partial charge in [-0.25, -0.2) is 0 Å². The Balaban J connectivity index is 1.86. The lowest BCUT2D eigenvalue weighted by molar-refractivity contribution is -0.144. The molecule has 3 rings (SSSR count). The van der Waals surface area contributed by atoms with Gasteiger partial charge in [0.1, 0.15) is 6.04 Å². The highest BCUT2D eigenvalue weighted by atomic mass is 16.4. The molecule has 0 saturated carbocycles. The number of aliphatic carboxylic acids is 1. The first-order valence-corrected chi connectivity index (χ1v) is 9.51. The summed E-state index contributed by atoms with van der Waals surface area (Å²) in [6.45, 7) is 10.0. The van der Waals surface area contributed by atoms with E-state index in [0.29, 0.717) is 5.69 Å². The molecule has 0 aliphatic carbocycles. The molecule has 1 aromatic heterocycles. The number of carboxylic acid groups (broad SMARTS) is 1. The summed E-state index contributed by atoms with van der Waals surface area (Å²) >= 11 is 0. The van der Waals surface area contributed by atoms with Gasteiger partial charge >= 0.3 is 5.97 Å². The second-order valence-electron chi connectivity index (χ2n) is 7.36. The largest absolute Gasteiger partial charge is 0.480 e. The zero-order valence-corrected chi connectivity index (χ0v) is 16.2. The number of hydrogen-bond donors (Lipinski definition) is 3. The standard InChI is InChI=1S/C20H28N4O3/c1-4-23-7-9-24(10-8-23)18(20(26)27)16-12-21-17-11-14(5-6-15(16)17)22-19(25)13(2)3/h5-6,11-13,18,21H,4,7-10H2,1-3H3,(H,22,25)(H,26,27)/t18-/m1/s1. The van der Waals surface area contributed by atoms with Crippen LogP contribution in [0, 0.1) is 5.92 Å². The molecule has 1 fully saturated rings. The molecule has 2 aromatic rings. The second-order valence-corrected chi connectivity index (χ2v) is 7.36. The second kappa shape index (κ2) is 8.10. The molecule has 1 amide bonds. The first-order chi connectivity index (χ1) is 12.9. The average Bonchev–Trinajstić information content (AvgIpc) is 3.05. The zero-order valence-electron chi connectivity index (χ0n) is 16.2. The van der Waals surface area contributed by atoms with E-state index in [1.165, 1.54) is 0 Å². The number of nitrogens with one attached hydrogen (secondary N) is 2. The van der Waals surface area contributed by atoms with Crippen molar-refractivity contribution in [2.24, 2.45) is 5.92 Å². The van der Waals surface area contributed by atoms with E-state index >= 15 is 0 Å². The molecule has 0 radical (unpaired) electrons. The summed E-state index contributed by atoms with van der Waals surface area (Å²) in [5.74, 6) is -0.977. The molecular weight excluding hydrogens is 344 g/mol. The van der Waals surface area contributed by atoms with Gasteiger partial charge in [0.05, 0.1) is 0 Å². The van der Waals surface area contributed by atoms with E-state index in [-0.39, 0.29) is 11.8 Å². The maximum atomic E-state index is 12.1. The van der Waals surface area contributed by atoms with E-state index in [2.05, 4.69) is 22.1 Å². The van der Waals surface area contributed by atoms with Crippen LogP contribution >= 0.6 is 0 Å². The van der Waals surface area contributed by atoms with Crippen molar-refractivity contribution < 1.29 is 14.7 Å². The number of carbonyl (C=O) groups is 2. The number of likely N-dealkylation sites (N-methyl/N-ethyl adjacent to an activating group) is 1. The van der Waals surface area contributed by atoms with Gasteiger partial charge in [-0.3, -0.25) is 14.5 Å². The Hall–Kier alpha value is -2.38. The number of aromatic amines is 1. The van der Waals surface area contributed by atoms with E-state index < -0.39 is 12.0 Å². The molecular formula is C20H28N4O3. The fourth-order valence-corrected chi connectivity index (χ4v) is 3.56. The SMILES string of the molecule is CCN1CCN([C@@H](C(=O)O)c2c[nH]c3cc(NC(=O)C(C)C)ccc23)CC1. The number of fused-ring (bicyclic) bond motifs is 1. The highest BCUT2D eigenvalue weighted by Crippen LogP contribution is 2.31. The summed E-state index contributed by atoms with van der Waals surface area (Å²) in [5.41, 5.74) is 2.30. The molecule has 27 heavy (non-hydrogen) atoms. The number of nitrogens with zero attached hydrogens (tertiary/aromatic N) is 2. The molecule has 3 N–H and O–H groups in total. The summed E-state index contributed by atoms with van der Waals surface area (Å²) in [7, 11) is 0. The molecule has 7 nitrogen and oxygen atoms in total. The van der Waals surface area contributed by atoms with Gasteiger partial charge in [-0.15, -0.1) is 0 Å². The van der Waals surface area contributed by atoms with Crippen molar-refractivity contribution in [2.75, 3.05) is 38.0 Å². The lowest BCUT2D eigenvalue weighted by Crippen LogP contribution is -2.49. The van der Waals surface area contributed by atoms with Crippen LogP contribution in [0.3, 0.4) is 0 Å². The summed E-state index contributed by atoms with van der Waals surface area (Å²) < 4.78 is 0. The third-order valence-corrected chi connectivity index (χ3v) is 5.25. The van der Waals surface area contributed by atoms with Crippen LogP contribution in [0.4, 0.5) is 5.69 Å². The third kappa shape index (κ3) is 4.14. The molecule has 1 atom stereocenters. The third-order valence-electron chi connectivity index (χ3n) is 5.25. The Morgan fingerprint density at radius 1 is 1.22 bits per heavy atom. The lowest BCUT2D eigenvalue weighted by Gasteiger charge is -2.37. The van der Waals surface area contributed by atoms with Crippen molar-refractivity contribution in [1.29, 1.82) is 0 Å². The van der Waals surface area contributed by atoms with Crippen LogP contribution in [0.2, 0.25) is 0 Å². The topological polar surface area (TPSA) is 88.7 Å². The Kier molecular flexibility index (Phi) is 5.82. The minimum absolute atomic E-state index is 0.0432. The van der Waals surface area contributed by atoms with Gasteiger partial charge in [-0.05, 0) is 18.7 Å². The fourth-order valence-electron chi connectivity index (χ4n) is 3.56. The van der Waals surface area contributed by atoms with Gasteiger partial charge in [-0.1, -0.05) is 26.8 Å². The number of benzene rings is 1. The van der Waals surface area contributed by atoms with Crippen LogP contribution in [-0.4, -0.2) is 64.5 Å². The molecule has 0 spiro atoms. The first kappa shape index (κ1) is 19.4. The van der Waals surface area contributed by atoms with Crippen molar-refractivity contribution in [2.45, 2.75) is 26.8 Å². The molecule has 1 aliphatic heterocycles. The molecule has 0 bridgehead atoms. The van der Waals surface area contributed by atoms with Crippen molar-refractivity contribution >= 4 is 28.5 Å². The van der Waals surface area contributed by atoms with Crippen LogP contribution in [-0.2, 0) is 9.59 Å². The highest BCUT2D eigenvalue weighted by molar-refractivity contribution is 5.96. The van der Waals surface area contributed by atoms with Crippen molar-refractivity contribution in [3.8, 4) is 0 Å². The quantitative estimate of drug-likeness (QED) is 0.725. The molecule has 7 heteroatoms. The number of anilines is 1. The number of rotatable bonds is 6. The molecule has 1 saturated heterocycles. The molecule has 146 valence electrons. The van der Waals surface area contributed by atoms with Gasteiger partial charge in [0.25, 0.3) is 0 Å². The van der Waals surface area contributed by atoms with E-state index in [0.717, 1.165) is 49.2 Å². The van der Waals surface area contributed by atoms with Crippen LogP contribution in [0.15, 0.2) is 24.4 Å². The Bertz CT molecular complexity index is 822. The van der Waals surface area contributed by atoms with E-state index in [1.54, 1.807) is 6.20 Å². The van der Waals surface area contributed by atoms with Crippen LogP contribution in [0.5, 0.6) is 0 Å². The Labute approximate surface area is 159 Å². The lowest BCUT2D eigenvalue weighted by atomic mass is 10.0. The highest BCUT2D eigenvalue weighted by Gasteiger charge is 2.31. The number of carboxylic acids is 1. The zero-order chi connectivity index (χ0) is 19.6. The van der Waals surface area contributed by atoms with Crippen molar-refractivity contribution in [3.63, 3.8) is 0 Å². The summed E-state index contributed by atoms with van der Waals surface area (Å²) in [5, 5.41) is 13.6. The van der Waals surface area contributed by atoms with E-state index in [4.69, 9.17) is 0 Å². The van der Waals surface area contributed by atoms with E-state index in [9.17, 15) is 14.7 Å². The number of hydrogen-bond acceptors (Lipinski definition) is 4. The minimum Gasteiger partial charge on any atom is -0.480 e. The van der Waals surface area contributed by atoms with Crippen molar-refractivity contribution in [1.82, 2.24) is 14.8 Å². The predicted octanol–water partition coefficient (Wildman–Crippen LogP) is 2.53. The predicted molar refractivity (Wildman–Crippen MR) is 106 cm³/mol. The smallest absolute Gasteiger partial charge is 0.325 e. The summed E-state index contributed by atoms with van der Waals surface area (Å²) in [4.78, 5) is 31.5. The van der Waals surface area contributed by atoms with Gasteiger partial charge in [0, 0.05) is 60.4 Å². The Morgan fingerprint density at radius 3 is 2.52 bits per heavy atom. The molecule has 1 aliphatic rings. The normalized spacial score (nSPS) is 17.3. The average molecular weight is 372 g/mol. The monoisotopic (exact) mass is 372 g/mol. The maximum absolute atomic E-state index is 12.1. The number of carbonyl (C=O) groups excluding carboxylic acids is 1. The van der Waals surface area contributed by atoms with Crippen LogP contribution in [0.25, 0.3) is 10.9 Å². The van der Waals surface area contributed by atoms with Gasteiger partial charge in [0.15, 0.2) is 0 Å². The minimum atomic E-state index is -0.835. The number of aromatic nitrogens is 1. The fraction of sp³-hybridized carbons (Fsp3) is 0.500. The summed E-state index contributed by atoms with van der Waals surface area (Å²) in [6.07, 6.45) is 1.78. The van der Waals surface area contributed by atoms with Gasteiger partial charge in [-0.2, -0.15) is 0 Å². The van der Waals surface area contributed by atoms with Gasteiger partial charge < -0.3 is 20.3 Å². The van der Waals surface area contributed by atoms with Crippen LogP contribution < -0.4 is 5.32 Å². The first-order valence-electron chi connectivity index (χ1n) is 9.51. The van der Waals surface area contributed by atoms with Crippen molar-refractivity contribution in [3.05, 3.63) is 30.0 Å². The van der Waals surface area contributed by atoms with Gasteiger partial charge in [0.2, 0.25) is 5.91 Å². The number of amides is 1. The van der Waals surface area contributed by atoms with Crippen LogP contribution in [0.1, 0.15) is 32.4 Å². The molecule has 2 heterocycles.